The summed E-state index contributed by atoms with van der Waals surface area (Å²) < 4.78 is 28.2. The summed E-state index contributed by atoms with van der Waals surface area (Å²) in [5, 5.41) is 4.85. The van der Waals surface area contributed by atoms with Gasteiger partial charge in [-0.2, -0.15) is 0 Å². The van der Waals surface area contributed by atoms with Gasteiger partial charge in [-0.1, -0.05) is 24.3 Å². The molecule has 2 aromatic heterocycles. The molecule has 136 valence electrons. The number of carbonyl (C=O) groups excluding carboxylic acids is 1. The minimum atomic E-state index is -2.64. The summed E-state index contributed by atoms with van der Waals surface area (Å²) in [4.78, 5) is 11.8. The van der Waals surface area contributed by atoms with Crippen molar-refractivity contribution in [3.8, 4) is 10.6 Å². The first-order valence-corrected chi connectivity index (χ1v) is 9.08. The van der Waals surface area contributed by atoms with Crippen LogP contribution in [0.25, 0.3) is 16.6 Å². The van der Waals surface area contributed by atoms with Crippen LogP contribution in [0, 0.1) is 0 Å². The highest BCUT2D eigenvalue weighted by Crippen LogP contribution is 2.28. The molecule has 1 N–H and O–H groups in total. The Bertz CT molecular complexity index is 823. The largest absolute Gasteiger partial charge is 0.678 e. The second kappa shape index (κ2) is 9.34. The van der Waals surface area contributed by atoms with E-state index in [-0.39, 0.29) is 5.78 Å². The lowest BCUT2D eigenvalue weighted by Gasteiger charge is -2.08. The van der Waals surface area contributed by atoms with E-state index in [0.717, 1.165) is 14.9 Å². The highest BCUT2D eigenvalue weighted by molar-refractivity contribution is 7.13. The van der Waals surface area contributed by atoms with Crippen LogP contribution in [-0.2, 0) is 4.79 Å². The third-order valence-electron chi connectivity index (χ3n) is 3.81. The second-order valence-electron chi connectivity index (χ2n) is 5.81. The maximum atomic E-state index is 13.6. The maximum Gasteiger partial charge on any atom is 0.678 e. The van der Waals surface area contributed by atoms with Crippen molar-refractivity contribution in [2.24, 2.45) is 0 Å². The highest BCUT2D eigenvalue weighted by Gasteiger charge is 2.24. The average molecular weight is 374 g/mol. The Morgan fingerprint density at radius 3 is 2.65 bits per heavy atom. The summed E-state index contributed by atoms with van der Waals surface area (Å²) >= 11 is 1.42. The number of allylic oxidation sites excluding steroid dienone is 3. The molecule has 0 fully saturated rings. The Morgan fingerprint density at radius 1 is 1.31 bits per heavy atom. The first-order valence-electron chi connectivity index (χ1n) is 8.20. The van der Waals surface area contributed by atoms with E-state index in [0.29, 0.717) is 29.9 Å². The number of Topliss-reactive ketones (excluding diaryl/α,β-unsaturated/α-hetero) is 1. The quantitative estimate of drug-likeness (QED) is 0.493. The monoisotopic (exact) mass is 374 g/mol. The van der Waals surface area contributed by atoms with Crippen molar-refractivity contribution in [2.45, 2.75) is 19.8 Å². The first kappa shape index (κ1) is 19.9. The number of thiophene rings is 1. The van der Waals surface area contributed by atoms with E-state index in [1.54, 1.807) is 44.3 Å². The molecular formula is C19H21BF2N2OS. The van der Waals surface area contributed by atoms with Crippen molar-refractivity contribution in [2.75, 3.05) is 7.05 Å². The number of likely N-dealkylation sites (N-methyl/N-ethyl adjacent to an activating group) is 1. The summed E-state index contributed by atoms with van der Waals surface area (Å²) in [6.45, 7) is 5.45. The zero-order valence-electron chi connectivity index (χ0n) is 14.8. The fourth-order valence-electron chi connectivity index (χ4n) is 2.42. The standard InChI is InChI=1S/C19H21BF2N2OS/c1-14(6-8-15(2)25)7-9-16(23-3)13-17-10-11-18(24(17)20(21)22)19-5-4-12-26-19/h4-5,7,9-13,23H,1,6,8H2,2-3H3/b9-7-,16-13-. The smallest absolute Gasteiger partial charge is 0.388 e. The molecule has 3 nitrogen and oxygen atoms in total. The molecule has 26 heavy (non-hydrogen) atoms. The average Bonchev–Trinajstić information content (AvgIpc) is 3.25. The summed E-state index contributed by atoms with van der Waals surface area (Å²) in [6.07, 6.45) is 6.26. The molecule has 0 radical (unpaired) electrons. The highest BCUT2D eigenvalue weighted by atomic mass is 32.1. The van der Waals surface area contributed by atoms with Gasteiger partial charge in [0.05, 0.1) is 5.69 Å². The van der Waals surface area contributed by atoms with Gasteiger partial charge in [-0.15, -0.1) is 11.3 Å². The molecule has 7 heteroatoms. The molecule has 0 aliphatic rings. The van der Waals surface area contributed by atoms with Gasteiger partial charge in [0.15, 0.2) is 0 Å². The van der Waals surface area contributed by atoms with Crippen LogP contribution in [0.2, 0.25) is 0 Å². The minimum absolute atomic E-state index is 0.111. The van der Waals surface area contributed by atoms with Crippen molar-refractivity contribution in [1.29, 1.82) is 0 Å². The number of hydrogen-bond donors (Lipinski definition) is 1. The number of hydrogen-bond acceptors (Lipinski definition) is 3. The lowest BCUT2D eigenvalue weighted by molar-refractivity contribution is -0.116. The van der Waals surface area contributed by atoms with Crippen LogP contribution in [0.3, 0.4) is 0 Å². The zero-order chi connectivity index (χ0) is 19.1. The molecule has 0 atom stereocenters. The van der Waals surface area contributed by atoms with Crippen LogP contribution in [-0.4, -0.2) is 24.7 Å². The summed E-state index contributed by atoms with van der Waals surface area (Å²) in [7, 11) is -0.911. The Balaban J connectivity index is 2.26. The predicted octanol–water partition coefficient (Wildman–Crippen LogP) is 5.03. The maximum absolute atomic E-state index is 13.6. The first-order chi connectivity index (χ1) is 12.4. The Hall–Kier alpha value is -2.41. The molecule has 2 rings (SSSR count). The number of nitrogens with one attached hydrogen (secondary N) is 1. The van der Waals surface area contributed by atoms with Gasteiger partial charge in [-0.25, -0.2) is 0 Å². The molecular weight excluding hydrogens is 353 g/mol. The third-order valence-corrected chi connectivity index (χ3v) is 4.70. The van der Waals surface area contributed by atoms with Crippen LogP contribution >= 0.6 is 11.3 Å². The van der Waals surface area contributed by atoms with Gasteiger partial charge in [-0.05, 0) is 49.1 Å². The normalized spacial score (nSPS) is 11.8. The molecule has 0 spiro atoms. The summed E-state index contributed by atoms with van der Waals surface area (Å²) in [5.74, 6) is 0.111. The molecule has 0 saturated heterocycles. The lowest BCUT2D eigenvalue weighted by atomic mass is 10.1. The van der Waals surface area contributed by atoms with Gasteiger partial charge < -0.3 is 14.6 Å². The molecule has 0 bridgehead atoms. The predicted molar refractivity (Wildman–Crippen MR) is 106 cm³/mol. The lowest BCUT2D eigenvalue weighted by Crippen LogP contribution is -2.16. The van der Waals surface area contributed by atoms with Gasteiger partial charge in [0.2, 0.25) is 0 Å². The second-order valence-corrected chi connectivity index (χ2v) is 6.76. The molecule has 0 aromatic carbocycles. The van der Waals surface area contributed by atoms with Crippen molar-refractivity contribution in [3.63, 3.8) is 0 Å². The van der Waals surface area contributed by atoms with Crippen LogP contribution in [0.15, 0.2) is 59.6 Å². The molecule has 0 aliphatic heterocycles. The van der Waals surface area contributed by atoms with Crippen molar-refractivity contribution in [1.82, 2.24) is 9.79 Å². The van der Waals surface area contributed by atoms with E-state index in [9.17, 15) is 13.4 Å². The number of ketones is 1. The van der Waals surface area contributed by atoms with Crippen LogP contribution < -0.4 is 5.32 Å². The number of carbonyl (C=O) groups is 1. The fraction of sp³-hybridized carbons (Fsp3) is 0.211. The SMILES string of the molecule is C=C(/C=C\C(=C\c1ccc(-c2cccs2)n1B(F)F)NC)CCC(C)=O. The van der Waals surface area contributed by atoms with Gasteiger partial charge in [0, 0.05) is 29.7 Å². The number of halogens is 2. The number of nitrogens with zero attached hydrogens (tertiary/aromatic N) is 1. The third kappa shape index (κ3) is 5.29. The zero-order valence-corrected chi connectivity index (χ0v) is 15.7. The van der Waals surface area contributed by atoms with E-state index in [4.69, 9.17) is 0 Å². The summed E-state index contributed by atoms with van der Waals surface area (Å²) in [5.41, 5.74) is 2.38. The topological polar surface area (TPSA) is 34.0 Å². The van der Waals surface area contributed by atoms with Crippen LogP contribution in [0.5, 0.6) is 0 Å². The Labute approximate surface area is 156 Å². The molecule has 0 unspecified atom stereocenters. The van der Waals surface area contributed by atoms with E-state index in [2.05, 4.69) is 11.9 Å². The molecule has 0 saturated carbocycles. The van der Waals surface area contributed by atoms with Gasteiger partial charge in [-0.3, -0.25) is 8.63 Å². The van der Waals surface area contributed by atoms with Crippen LogP contribution in [0.1, 0.15) is 25.5 Å². The number of aromatic nitrogens is 1. The van der Waals surface area contributed by atoms with E-state index in [1.807, 2.05) is 17.5 Å². The van der Waals surface area contributed by atoms with Crippen molar-refractivity contribution in [3.05, 3.63) is 65.3 Å². The van der Waals surface area contributed by atoms with Gasteiger partial charge >= 0.3 is 7.40 Å². The van der Waals surface area contributed by atoms with E-state index >= 15 is 0 Å². The van der Waals surface area contributed by atoms with E-state index in [1.165, 1.54) is 11.3 Å². The fourth-order valence-corrected chi connectivity index (χ4v) is 3.16. The molecule has 0 amide bonds. The Kier molecular flexibility index (Phi) is 7.15. The van der Waals surface area contributed by atoms with Crippen molar-refractivity contribution >= 4 is 30.6 Å². The van der Waals surface area contributed by atoms with Crippen LogP contribution in [0.4, 0.5) is 8.63 Å². The van der Waals surface area contributed by atoms with Gasteiger partial charge in [0.25, 0.3) is 0 Å². The Morgan fingerprint density at radius 2 is 2.08 bits per heavy atom. The minimum Gasteiger partial charge on any atom is -0.388 e. The van der Waals surface area contributed by atoms with Crippen molar-refractivity contribution < 1.29 is 13.4 Å². The molecule has 0 aliphatic carbocycles. The molecule has 2 aromatic rings. The molecule has 2 heterocycles. The summed E-state index contributed by atoms with van der Waals surface area (Å²) in [6, 6.07) is 7.04. The van der Waals surface area contributed by atoms with Gasteiger partial charge in [0.1, 0.15) is 5.78 Å². The number of rotatable bonds is 9. The van der Waals surface area contributed by atoms with E-state index < -0.39 is 7.40 Å².